The van der Waals surface area contributed by atoms with Crippen LogP contribution in [0.4, 0.5) is 0 Å². The first-order valence-electron chi connectivity index (χ1n) is 4.48. The summed E-state index contributed by atoms with van der Waals surface area (Å²) in [5.74, 6) is 1.84. The maximum absolute atomic E-state index is 8.75. The highest BCUT2D eigenvalue weighted by Crippen LogP contribution is 2.37. The smallest absolute Gasteiger partial charge is 0.0992 e. The zero-order valence-corrected chi connectivity index (χ0v) is 8.40. The molecule has 13 heavy (non-hydrogen) atoms. The summed E-state index contributed by atoms with van der Waals surface area (Å²) in [6, 6.07) is 8.21. The predicted octanol–water partition coefficient (Wildman–Crippen LogP) is 3.16. The summed E-state index contributed by atoms with van der Waals surface area (Å²) < 4.78 is 0. The maximum Gasteiger partial charge on any atom is 0.0992 e. The summed E-state index contributed by atoms with van der Waals surface area (Å²) in [6.45, 7) is 2.25. The molecule has 2 heteroatoms. The molecule has 0 saturated carbocycles. The Morgan fingerprint density at radius 3 is 3.15 bits per heavy atom. The summed E-state index contributed by atoms with van der Waals surface area (Å²) in [4.78, 5) is 1.30. The zero-order valence-electron chi connectivity index (χ0n) is 7.58. The van der Waals surface area contributed by atoms with E-state index in [1.165, 1.54) is 22.6 Å². The van der Waals surface area contributed by atoms with E-state index in [0.717, 1.165) is 5.56 Å². The molecule has 1 atom stereocenters. The Morgan fingerprint density at radius 1 is 1.54 bits per heavy atom. The Kier molecular flexibility index (Phi) is 2.28. The van der Waals surface area contributed by atoms with Gasteiger partial charge in [-0.25, -0.2) is 0 Å². The van der Waals surface area contributed by atoms with Gasteiger partial charge < -0.3 is 0 Å². The van der Waals surface area contributed by atoms with Gasteiger partial charge in [-0.15, -0.1) is 11.8 Å². The van der Waals surface area contributed by atoms with E-state index in [1.807, 2.05) is 23.9 Å². The van der Waals surface area contributed by atoms with Crippen LogP contribution >= 0.6 is 11.8 Å². The van der Waals surface area contributed by atoms with Gasteiger partial charge in [-0.05, 0) is 35.8 Å². The fourth-order valence-corrected chi connectivity index (χ4v) is 2.97. The van der Waals surface area contributed by atoms with Gasteiger partial charge in [-0.2, -0.15) is 5.26 Å². The Labute approximate surface area is 82.8 Å². The highest BCUT2D eigenvalue weighted by Gasteiger charge is 2.16. The van der Waals surface area contributed by atoms with Crippen LogP contribution in [0.15, 0.2) is 23.1 Å². The van der Waals surface area contributed by atoms with E-state index in [2.05, 4.69) is 19.1 Å². The summed E-state index contributed by atoms with van der Waals surface area (Å²) in [5.41, 5.74) is 2.19. The van der Waals surface area contributed by atoms with Gasteiger partial charge in [0.05, 0.1) is 11.6 Å². The van der Waals surface area contributed by atoms with Crippen molar-refractivity contribution < 1.29 is 0 Å². The molecule has 0 radical (unpaired) electrons. The molecule has 1 nitrogen and oxygen atoms in total. The minimum absolute atomic E-state index is 0.656. The molecule has 1 aliphatic rings. The molecule has 0 saturated heterocycles. The summed E-state index contributed by atoms with van der Waals surface area (Å²) in [5, 5.41) is 8.75. The summed E-state index contributed by atoms with van der Waals surface area (Å²) >= 11 is 1.87. The molecule has 1 aliphatic heterocycles. The van der Waals surface area contributed by atoms with Crippen molar-refractivity contribution in [3.63, 3.8) is 0 Å². The van der Waals surface area contributed by atoms with Gasteiger partial charge in [0.2, 0.25) is 0 Å². The van der Waals surface area contributed by atoms with Crippen molar-refractivity contribution in [3.8, 4) is 6.07 Å². The first kappa shape index (κ1) is 8.65. The van der Waals surface area contributed by atoms with Crippen molar-refractivity contribution in [1.82, 2.24) is 0 Å². The highest BCUT2D eigenvalue weighted by molar-refractivity contribution is 7.99. The largest absolute Gasteiger partial charge is 0.192 e. The average Bonchev–Trinajstić information content (AvgIpc) is 2.18. The van der Waals surface area contributed by atoms with E-state index in [-0.39, 0.29) is 0 Å². The standard InChI is InChI=1S/C11H11NS/c1-8-4-5-13-11-6-9(7-12)2-3-10(8)11/h2-3,6,8H,4-5H2,1H3. The van der Waals surface area contributed by atoms with Gasteiger partial charge in [-0.1, -0.05) is 13.0 Å². The lowest BCUT2D eigenvalue weighted by molar-refractivity contribution is 0.713. The van der Waals surface area contributed by atoms with Crippen LogP contribution < -0.4 is 0 Å². The lowest BCUT2D eigenvalue weighted by Crippen LogP contribution is -2.03. The van der Waals surface area contributed by atoms with Crippen molar-refractivity contribution in [2.75, 3.05) is 5.75 Å². The zero-order chi connectivity index (χ0) is 9.26. The summed E-state index contributed by atoms with van der Waals surface area (Å²) in [7, 11) is 0. The first-order valence-corrected chi connectivity index (χ1v) is 5.46. The molecule has 66 valence electrons. The second-order valence-electron chi connectivity index (χ2n) is 3.40. The Balaban J connectivity index is 2.47. The Morgan fingerprint density at radius 2 is 2.38 bits per heavy atom. The lowest BCUT2D eigenvalue weighted by Gasteiger charge is -2.21. The van der Waals surface area contributed by atoms with Crippen LogP contribution in [0.2, 0.25) is 0 Å². The third-order valence-corrected chi connectivity index (χ3v) is 3.59. The summed E-state index contributed by atoms with van der Waals surface area (Å²) in [6.07, 6.45) is 1.25. The van der Waals surface area contributed by atoms with Crippen LogP contribution in [0, 0.1) is 11.3 Å². The number of thioether (sulfide) groups is 1. The number of nitrogens with zero attached hydrogens (tertiary/aromatic N) is 1. The topological polar surface area (TPSA) is 23.8 Å². The van der Waals surface area contributed by atoms with Gasteiger partial charge in [0.15, 0.2) is 0 Å². The van der Waals surface area contributed by atoms with Gasteiger partial charge in [-0.3, -0.25) is 0 Å². The average molecular weight is 189 g/mol. The monoisotopic (exact) mass is 189 g/mol. The molecule has 1 aromatic carbocycles. The first-order chi connectivity index (χ1) is 6.31. The molecule has 0 aromatic heterocycles. The van der Waals surface area contributed by atoms with Crippen LogP contribution in [-0.2, 0) is 0 Å². The van der Waals surface area contributed by atoms with E-state index in [4.69, 9.17) is 5.26 Å². The van der Waals surface area contributed by atoms with Crippen LogP contribution in [0.3, 0.4) is 0 Å². The van der Waals surface area contributed by atoms with E-state index in [1.54, 1.807) is 0 Å². The second-order valence-corrected chi connectivity index (χ2v) is 4.54. The minimum Gasteiger partial charge on any atom is -0.192 e. The number of rotatable bonds is 0. The van der Waals surface area contributed by atoms with Gasteiger partial charge >= 0.3 is 0 Å². The molecular weight excluding hydrogens is 178 g/mol. The Bertz CT molecular complexity index is 365. The normalized spacial score (nSPS) is 20.5. The van der Waals surface area contributed by atoms with Crippen LogP contribution in [0.5, 0.6) is 0 Å². The third-order valence-electron chi connectivity index (χ3n) is 2.48. The lowest BCUT2D eigenvalue weighted by atomic mass is 9.97. The minimum atomic E-state index is 0.656. The molecular formula is C11H11NS. The molecule has 0 spiro atoms. The molecule has 0 N–H and O–H groups in total. The number of hydrogen-bond acceptors (Lipinski definition) is 2. The van der Waals surface area contributed by atoms with E-state index in [0.29, 0.717) is 5.92 Å². The molecule has 1 unspecified atom stereocenters. The van der Waals surface area contributed by atoms with E-state index < -0.39 is 0 Å². The molecule has 0 amide bonds. The SMILES string of the molecule is CC1CCSc2cc(C#N)ccc21. The van der Waals surface area contributed by atoms with Crippen molar-refractivity contribution in [1.29, 1.82) is 5.26 Å². The van der Waals surface area contributed by atoms with Crippen LogP contribution in [0.1, 0.15) is 30.4 Å². The van der Waals surface area contributed by atoms with E-state index >= 15 is 0 Å². The maximum atomic E-state index is 8.75. The third kappa shape index (κ3) is 1.57. The molecule has 1 heterocycles. The van der Waals surface area contributed by atoms with E-state index in [9.17, 15) is 0 Å². The Hall–Kier alpha value is -0.940. The van der Waals surface area contributed by atoms with Gasteiger partial charge in [0.25, 0.3) is 0 Å². The number of hydrogen-bond donors (Lipinski definition) is 0. The van der Waals surface area contributed by atoms with Crippen LogP contribution in [0.25, 0.3) is 0 Å². The quantitative estimate of drug-likeness (QED) is 0.626. The van der Waals surface area contributed by atoms with Crippen molar-refractivity contribution in [2.24, 2.45) is 0 Å². The number of benzene rings is 1. The number of fused-ring (bicyclic) bond motifs is 1. The van der Waals surface area contributed by atoms with Gasteiger partial charge in [0.1, 0.15) is 0 Å². The van der Waals surface area contributed by atoms with Crippen molar-refractivity contribution >= 4 is 11.8 Å². The van der Waals surface area contributed by atoms with Crippen molar-refractivity contribution in [2.45, 2.75) is 24.2 Å². The van der Waals surface area contributed by atoms with Gasteiger partial charge in [0, 0.05) is 4.90 Å². The molecule has 2 rings (SSSR count). The number of nitriles is 1. The molecule has 1 aromatic rings. The fraction of sp³-hybridized carbons (Fsp3) is 0.364. The fourth-order valence-electron chi connectivity index (χ4n) is 1.64. The second kappa shape index (κ2) is 3.43. The predicted molar refractivity (Wildman–Crippen MR) is 54.9 cm³/mol. The van der Waals surface area contributed by atoms with Crippen molar-refractivity contribution in [3.05, 3.63) is 29.3 Å². The molecule has 0 fully saturated rings. The molecule has 0 aliphatic carbocycles. The molecule has 0 bridgehead atoms. The van der Waals surface area contributed by atoms with Crippen LogP contribution in [-0.4, -0.2) is 5.75 Å². The highest BCUT2D eigenvalue weighted by atomic mass is 32.2.